The van der Waals surface area contributed by atoms with Crippen molar-refractivity contribution in [2.75, 3.05) is 20.7 Å². The van der Waals surface area contributed by atoms with Gasteiger partial charge in [-0.15, -0.1) is 0 Å². The number of nitrogens with zero attached hydrogens (tertiary/aromatic N) is 1. The van der Waals surface area contributed by atoms with Crippen LogP contribution in [-0.4, -0.2) is 54.2 Å². The first kappa shape index (κ1) is 16.5. The highest BCUT2D eigenvalue weighted by atomic mass is 16.5. The molecular formula is C16H22N2O4. The number of aliphatic hydroxyl groups is 1. The smallest absolute Gasteiger partial charge is 0.335 e. The van der Waals surface area contributed by atoms with Crippen LogP contribution < -0.4 is 5.32 Å². The van der Waals surface area contributed by atoms with Crippen LogP contribution >= 0.6 is 0 Å². The number of nitrogens with one attached hydrogen (secondary N) is 1. The summed E-state index contributed by atoms with van der Waals surface area (Å²) >= 11 is 0. The van der Waals surface area contributed by atoms with Crippen LogP contribution in [0.15, 0.2) is 30.3 Å². The summed E-state index contributed by atoms with van der Waals surface area (Å²) in [5.74, 6) is -0.987. The molecule has 2 rings (SSSR count). The van der Waals surface area contributed by atoms with Crippen molar-refractivity contribution in [3.05, 3.63) is 35.9 Å². The van der Waals surface area contributed by atoms with E-state index in [1.54, 1.807) is 38.2 Å². The molecule has 6 heteroatoms. The lowest BCUT2D eigenvalue weighted by Gasteiger charge is -2.41. The molecule has 1 heterocycles. The van der Waals surface area contributed by atoms with Gasteiger partial charge < -0.3 is 20.1 Å². The van der Waals surface area contributed by atoms with Crippen molar-refractivity contribution < 1.29 is 19.4 Å². The van der Waals surface area contributed by atoms with E-state index in [1.165, 1.54) is 18.9 Å². The Hall–Kier alpha value is -1.92. The number of benzene rings is 1. The van der Waals surface area contributed by atoms with Crippen LogP contribution in [0.2, 0.25) is 0 Å². The fraction of sp³-hybridized carbons (Fsp3) is 0.500. The van der Waals surface area contributed by atoms with Crippen LogP contribution in [0, 0.1) is 0 Å². The summed E-state index contributed by atoms with van der Waals surface area (Å²) in [5, 5.41) is 14.3. The fourth-order valence-corrected chi connectivity index (χ4v) is 3.17. The predicted octanol–water partition coefficient (Wildman–Crippen LogP) is 0.256. The minimum Gasteiger partial charge on any atom is -0.464 e. The second-order valence-corrected chi connectivity index (χ2v) is 5.54. The molecule has 1 saturated heterocycles. The molecule has 3 atom stereocenters. The molecule has 0 aliphatic carbocycles. The highest BCUT2D eigenvalue weighted by Gasteiger charge is 2.69. The van der Waals surface area contributed by atoms with Crippen LogP contribution in [0.5, 0.6) is 0 Å². The molecule has 1 fully saturated rings. The molecule has 0 spiro atoms. The molecule has 0 radical (unpaired) electrons. The highest BCUT2D eigenvalue weighted by molar-refractivity contribution is 5.97. The zero-order chi connectivity index (χ0) is 16.5. The van der Waals surface area contributed by atoms with Gasteiger partial charge in [0.25, 0.3) is 0 Å². The fourth-order valence-electron chi connectivity index (χ4n) is 3.17. The average molecular weight is 306 g/mol. The second-order valence-electron chi connectivity index (χ2n) is 5.54. The quantitative estimate of drug-likeness (QED) is 0.780. The third-order valence-corrected chi connectivity index (χ3v) is 4.58. The normalized spacial score (nSPS) is 31.4. The molecule has 2 N–H and O–H groups in total. The van der Waals surface area contributed by atoms with E-state index in [2.05, 4.69) is 5.32 Å². The molecule has 0 unspecified atom stereocenters. The topological polar surface area (TPSA) is 78.9 Å². The summed E-state index contributed by atoms with van der Waals surface area (Å²) in [6.07, 6.45) is 0. The molecule has 6 nitrogen and oxygen atoms in total. The van der Waals surface area contributed by atoms with Crippen LogP contribution in [0.25, 0.3) is 0 Å². The Morgan fingerprint density at radius 1 is 1.41 bits per heavy atom. The number of likely N-dealkylation sites (N-methyl/N-ethyl adjacent to an activating group) is 2. The van der Waals surface area contributed by atoms with Crippen molar-refractivity contribution in [3.63, 3.8) is 0 Å². The molecule has 120 valence electrons. The zero-order valence-corrected chi connectivity index (χ0v) is 13.3. The van der Waals surface area contributed by atoms with Crippen molar-refractivity contribution in [1.82, 2.24) is 10.2 Å². The van der Waals surface area contributed by atoms with Gasteiger partial charge in [0, 0.05) is 7.05 Å². The largest absolute Gasteiger partial charge is 0.464 e. The van der Waals surface area contributed by atoms with Gasteiger partial charge in [0.15, 0.2) is 5.54 Å². The number of likely N-dealkylation sites (tertiary alicyclic amines) is 1. The number of carbonyl (C=O) groups excluding carboxylic acids is 2. The lowest BCUT2D eigenvalue weighted by molar-refractivity contribution is -0.170. The first-order chi connectivity index (χ1) is 10.4. The molecule has 0 bridgehead atoms. The first-order valence-electron chi connectivity index (χ1n) is 7.25. The third-order valence-electron chi connectivity index (χ3n) is 4.58. The van der Waals surface area contributed by atoms with E-state index in [4.69, 9.17) is 4.74 Å². The molecule has 1 aromatic rings. The Balaban J connectivity index is 2.68. The van der Waals surface area contributed by atoms with E-state index in [1.807, 2.05) is 6.07 Å². The molecule has 0 saturated carbocycles. The average Bonchev–Trinajstić information content (AvgIpc) is 2.68. The van der Waals surface area contributed by atoms with Crippen molar-refractivity contribution in [1.29, 1.82) is 0 Å². The standard InChI is InChI=1S/C16H22N2O4/c1-5-22-14(20)15(2)16(21,11-9-7-6-8-10-11)12(17-3)13(19)18(15)4/h6-10,12,17,21H,5H2,1-4H3/t12-,15+,16+/m1/s1. The summed E-state index contributed by atoms with van der Waals surface area (Å²) in [5.41, 5.74) is -2.77. The summed E-state index contributed by atoms with van der Waals surface area (Å²) in [6, 6.07) is 7.80. The van der Waals surface area contributed by atoms with Gasteiger partial charge in [-0.1, -0.05) is 30.3 Å². The van der Waals surface area contributed by atoms with E-state index in [-0.39, 0.29) is 12.5 Å². The maximum atomic E-state index is 12.6. The summed E-state index contributed by atoms with van der Waals surface area (Å²) < 4.78 is 5.14. The number of rotatable bonds is 4. The van der Waals surface area contributed by atoms with Crippen LogP contribution in [0.4, 0.5) is 0 Å². The SMILES string of the molecule is CCOC(=O)[C@]1(C)N(C)C(=O)[C@@H](NC)[C@@]1(O)c1ccccc1. The van der Waals surface area contributed by atoms with Gasteiger partial charge in [-0.25, -0.2) is 4.79 Å². The monoisotopic (exact) mass is 306 g/mol. The summed E-state index contributed by atoms with van der Waals surface area (Å²) in [4.78, 5) is 26.4. The van der Waals surface area contributed by atoms with Crippen molar-refractivity contribution in [2.24, 2.45) is 0 Å². The maximum Gasteiger partial charge on any atom is 0.335 e. The summed E-state index contributed by atoms with van der Waals surface area (Å²) in [7, 11) is 3.09. The first-order valence-corrected chi connectivity index (χ1v) is 7.25. The number of amides is 1. The lowest BCUT2D eigenvalue weighted by atomic mass is 9.74. The second kappa shape index (κ2) is 5.70. The molecule has 1 aliphatic rings. The van der Waals surface area contributed by atoms with E-state index < -0.39 is 23.2 Å². The number of esters is 1. The van der Waals surface area contributed by atoms with Gasteiger partial charge in [0.05, 0.1) is 6.61 Å². The summed E-state index contributed by atoms with van der Waals surface area (Å²) in [6.45, 7) is 3.40. The van der Waals surface area contributed by atoms with Gasteiger partial charge in [-0.05, 0) is 26.5 Å². The van der Waals surface area contributed by atoms with Crippen molar-refractivity contribution in [2.45, 2.75) is 31.0 Å². The third kappa shape index (κ3) is 1.94. The van der Waals surface area contributed by atoms with E-state index in [0.717, 1.165) is 0 Å². The van der Waals surface area contributed by atoms with Gasteiger partial charge in [-0.2, -0.15) is 0 Å². The van der Waals surface area contributed by atoms with Gasteiger partial charge in [-0.3, -0.25) is 4.79 Å². The predicted molar refractivity (Wildman–Crippen MR) is 81.0 cm³/mol. The van der Waals surface area contributed by atoms with Crippen molar-refractivity contribution >= 4 is 11.9 Å². The van der Waals surface area contributed by atoms with Gasteiger partial charge >= 0.3 is 5.97 Å². The molecule has 1 amide bonds. The molecule has 1 aliphatic heterocycles. The van der Waals surface area contributed by atoms with Crippen molar-refractivity contribution in [3.8, 4) is 0 Å². The number of ether oxygens (including phenoxy) is 1. The molecule has 0 aromatic heterocycles. The Labute approximate surface area is 130 Å². The molecule has 22 heavy (non-hydrogen) atoms. The van der Waals surface area contributed by atoms with Gasteiger partial charge in [0.1, 0.15) is 11.6 Å². The number of carbonyl (C=O) groups is 2. The zero-order valence-electron chi connectivity index (χ0n) is 13.3. The Kier molecular flexibility index (Phi) is 4.26. The van der Waals surface area contributed by atoms with Crippen LogP contribution in [-0.2, 0) is 19.9 Å². The lowest BCUT2D eigenvalue weighted by Crippen LogP contribution is -2.62. The number of hydrogen-bond donors (Lipinski definition) is 2. The number of hydrogen-bond acceptors (Lipinski definition) is 5. The van der Waals surface area contributed by atoms with E-state index in [0.29, 0.717) is 5.56 Å². The minimum atomic E-state index is -1.74. The Bertz CT molecular complexity index is 577. The van der Waals surface area contributed by atoms with Crippen LogP contribution in [0.3, 0.4) is 0 Å². The van der Waals surface area contributed by atoms with Gasteiger partial charge in [0.2, 0.25) is 5.91 Å². The highest BCUT2D eigenvalue weighted by Crippen LogP contribution is 2.46. The Morgan fingerprint density at radius 3 is 2.50 bits per heavy atom. The maximum absolute atomic E-state index is 12.6. The van der Waals surface area contributed by atoms with Crippen LogP contribution in [0.1, 0.15) is 19.4 Å². The Morgan fingerprint density at radius 2 is 2.00 bits per heavy atom. The minimum absolute atomic E-state index is 0.172. The van der Waals surface area contributed by atoms with E-state index in [9.17, 15) is 14.7 Å². The molecular weight excluding hydrogens is 284 g/mol. The van der Waals surface area contributed by atoms with E-state index >= 15 is 0 Å². The molecule has 1 aromatic carbocycles.